The fourth-order valence-corrected chi connectivity index (χ4v) is 10.2. The van der Waals surface area contributed by atoms with Crippen LogP contribution >= 0.6 is 0 Å². The number of unbranched alkanes of at least 4 members (excludes halogenated alkanes) is 10. The minimum Gasteiger partial charge on any atom is -0.481 e. The van der Waals surface area contributed by atoms with Gasteiger partial charge in [0.15, 0.2) is 0 Å². The fraction of sp³-hybridized carbons (Fsp3) is 0.704. The molecule has 0 aliphatic heterocycles. The standard InChI is InChI=1S/C54H82O8/c1-38-34-41(22-14-12-20-30-53(32-33-53)49(59)60)46(25-16-9-11-19-29-52(6,7)48(57)58)42(35-38)36-43-37-54(43,50(61)62)31-21-13-17-24-45-40(3)27-26-39(2)44(45)23-15-8-10-18-28-51(4,5)47(55)56/h26-27,34-35,43H,8-25,28-33,36-37H2,1-7H3,(H,55,56)(H,57,58)(H,59,60)(H,61,62). The van der Waals surface area contributed by atoms with E-state index in [1.165, 1.54) is 44.5 Å². The van der Waals surface area contributed by atoms with Gasteiger partial charge in [0.05, 0.1) is 21.7 Å². The van der Waals surface area contributed by atoms with Crippen LogP contribution in [0.4, 0.5) is 0 Å². The lowest BCUT2D eigenvalue weighted by atomic mass is 9.85. The van der Waals surface area contributed by atoms with Crippen molar-refractivity contribution in [3.8, 4) is 0 Å². The van der Waals surface area contributed by atoms with E-state index in [1.807, 2.05) is 13.8 Å². The smallest absolute Gasteiger partial charge is 0.309 e. The third-order valence-corrected chi connectivity index (χ3v) is 15.2. The lowest BCUT2D eigenvalue weighted by molar-refractivity contribution is -0.148. The van der Waals surface area contributed by atoms with E-state index in [4.69, 9.17) is 0 Å². The number of aryl methyl sites for hydroxylation is 4. The lowest BCUT2D eigenvalue weighted by Crippen LogP contribution is -2.23. The first kappa shape index (κ1) is 51.0. The first-order chi connectivity index (χ1) is 29.2. The molecule has 2 saturated carbocycles. The van der Waals surface area contributed by atoms with E-state index < -0.39 is 45.5 Å². The third kappa shape index (κ3) is 14.4. The number of benzene rings is 2. The quantitative estimate of drug-likeness (QED) is 0.0531. The van der Waals surface area contributed by atoms with Gasteiger partial charge in [0.25, 0.3) is 0 Å². The van der Waals surface area contributed by atoms with E-state index in [0.29, 0.717) is 19.3 Å². The fourth-order valence-electron chi connectivity index (χ4n) is 10.2. The summed E-state index contributed by atoms with van der Waals surface area (Å²) in [6.45, 7) is 13.8. The van der Waals surface area contributed by atoms with Gasteiger partial charge in [-0.25, -0.2) is 0 Å². The molecule has 0 radical (unpaired) electrons. The molecule has 2 atom stereocenters. The first-order valence-corrected chi connectivity index (χ1v) is 24.4. The van der Waals surface area contributed by atoms with Crippen molar-refractivity contribution in [2.45, 2.75) is 215 Å². The Morgan fingerprint density at radius 1 is 0.548 bits per heavy atom. The van der Waals surface area contributed by atoms with Crippen LogP contribution in [0.25, 0.3) is 0 Å². The van der Waals surface area contributed by atoms with Crippen molar-refractivity contribution in [3.63, 3.8) is 0 Å². The van der Waals surface area contributed by atoms with Crippen molar-refractivity contribution in [1.82, 2.24) is 0 Å². The van der Waals surface area contributed by atoms with Crippen LogP contribution in [0.3, 0.4) is 0 Å². The van der Waals surface area contributed by atoms with Gasteiger partial charge in [-0.2, -0.15) is 0 Å². The second-order valence-corrected chi connectivity index (χ2v) is 21.2. The molecule has 2 aromatic carbocycles. The van der Waals surface area contributed by atoms with Gasteiger partial charge in [-0.05, 0) is 196 Å². The molecule has 4 N–H and O–H groups in total. The van der Waals surface area contributed by atoms with Gasteiger partial charge in [0.2, 0.25) is 0 Å². The summed E-state index contributed by atoms with van der Waals surface area (Å²) in [6, 6.07) is 9.08. The second-order valence-electron chi connectivity index (χ2n) is 21.2. The van der Waals surface area contributed by atoms with Crippen LogP contribution in [0.1, 0.15) is 207 Å². The van der Waals surface area contributed by atoms with Crippen LogP contribution in [0.5, 0.6) is 0 Å². The molecule has 8 nitrogen and oxygen atoms in total. The van der Waals surface area contributed by atoms with E-state index in [0.717, 1.165) is 148 Å². The van der Waals surface area contributed by atoms with Crippen molar-refractivity contribution in [3.05, 3.63) is 68.8 Å². The molecule has 4 rings (SSSR count). The summed E-state index contributed by atoms with van der Waals surface area (Å²) >= 11 is 0. The number of aliphatic carboxylic acids is 4. The van der Waals surface area contributed by atoms with E-state index in [-0.39, 0.29) is 5.92 Å². The summed E-state index contributed by atoms with van der Waals surface area (Å²) in [7, 11) is 0. The van der Waals surface area contributed by atoms with Crippen molar-refractivity contribution in [2.75, 3.05) is 0 Å². The van der Waals surface area contributed by atoms with Crippen LogP contribution in [0, 0.1) is 48.3 Å². The molecule has 346 valence electrons. The van der Waals surface area contributed by atoms with Crippen LogP contribution in [0.2, 0.25) is 0 Å². The molecule has 2 fully saturated rings. The molecule has 0 aromatic heterocycles. The Bertz CT molecular complexity index is 1830. The van der Waals surface area contributed by atoms with Gasteiger partial charge in [0, 0.05) is 0 Å². The molecule has 2 aliphatic carbocycles. The molecule has 62 heavy (non-hydrogen) atoms. The summed E-state index contributed by atoms with van der Waals surface area (Å²) in [5.74, 6) is -2.65. The number of rotatable bonds is 32. The molecule has 2 unspecified atom stereocenters. The Hall–Kier alpha value is -3.68. The molecule has 8 heteroatoms. The predicted molar refractivity (Wildman–Crippen MR) is 249 cm³/mol. The summed E-state index contributed by atoms with van der Waals surface area (Å²) in [4.78, 5) is 47.7. The monoisotopic (exact) mass is 859 g/mol. The topological polar surface area (TPSA) is 149 Å². The van der Waals surface area contributed by atoms with Crippen molar-refractivity contribution in [1.29, 1.82) is 0 Å². The van der Waals surface area contributed by atoms with Gasteiger partial charge in [-0.15, -0.1) is 0 Å². The molecule has 0 bridgehead atoms. The summed E-state index contributed by atoms with van der Waals surface area (Å²) < 4.78 is 0. The van der Waals surface area contributed by atoms with Gasteiger partial charge >= 0.3 is 23.9 Å². The van der Waals surface area contributed by atoms with Crippen molar-refractivity contribution < 1.29 is 39.6 Å². The number of carbonyl (C=O) groups is 4. The zero-order valence-corrected chi connectivity index (χ0v) is 39.7. The molecule has 0 heterocycles. The van der Waals surface area contributed by atoms with Crippen molar-refractivity contribution in [2.24, 2.45) is 27.6 Å². The van der Waals surface area contributed by atoms with E-state index in [9.17, 15) is 39.6 Å². The molecule has 0 amide bonds. The third-order valence-electron chi connectivity index (χ3n) is 15.2. The molecule has 2 aliphatic rings. The normalized spacial score (nSPS) is 18.1. The average Bonchev–Trinajstić information content (AvgIpc) is 4.13. The Morgan fingerprint density at radius 3 is 1.45 bits per heavy atom. The molecule has 0 saturated heterocycles. The van der Waals surface area contributed by atoms with Crippen LogP contribution < -0.4 is 0 Å². The largest absolute Gasteiger partial charge is 0.481 e. The Morgan fingerprint density at radius 2 is 0.984 bits per heavy atom. The zero-order valence-electron chi connectivity index (χ0n) is 39.7. The maximum atomic E-state index is 13.0. The zero-order chi connectivity index (χ0) is 45.7. The average molecular weight is 859 g/mol. The Labute approximate surface area is 374 Å². The molecule has 2 aromatic rings. The molecule has 0 spiro atoms. The second kappa shape index (κ2) is 22.8. The van der Waals surface area contributed by atoms with E-state index in [2.05, 4.69) is 45.0 Å². The van der Waals surface area contributed by atoms with Crippen LogP contribution in [0.15, 0.2) is 24.3 Å². The number of carboxylic acids is 4. The highest BCUT2D eigenvalue weighted by molar-refractivity contribution is 5.79. The summed E-state index contributed by atoms with van der Waals surface area (Å²) in [6.07, 6.45) is 23.9. The Balaban J connectivity index is 1.33. The highest BCUT2D eigenvalue weighted by Crippen LogP contribution is 2.58. The maximum absolute atomic E-state index is 13.0. The Kier molecular flexibility index (Phi) is 18.7. The summed E-state index contributed by atoms with van der Waals surface area (Å²) in [5.41, 5.74) is 8.32. The first-order valence-electron chi connectivity index (χ1n) is 24.4. The minimum absolute atomic E-state index is 0.123. The summed E-state index contributed by atoms with van der Waals surface area (Å²) in [5, 5.41) is 39.2. The molecular weight excluding hydrogens is 777 g/mol. The highest BCUT2D eigenvalue weighted by atomic mass is 16.4. The maximum Gasteiger partial charge on any atom is 0.309 e. The van der Waals surface area contributed by atoms with Gasteiger partial charge in [-0.1, -0.05) is 94.0 Å². The number of hydrogen-bond acceptors (Lipinski definition) is 4. The van der Waals surface area contributed by atoms with E-state index >= 15 is 0 Å². The number of carboxylic acid groups (broad SMARTS) is 4. The SMILES string of the molecule is Cc1cc(CCCCCC2(C(=O)O)CC2)c(CCCCCCC(C)(C)C(=O)O)c(CC2CC2(CCCCCc2c(C)ccc(C)c2CCCCCCC(C)(C)C(=O)O)C(=O)O)c1. The van der Waals surface area contributed by atoms with Crippen LogP contribution in [-0.4, -0.2) is 44.3 Å². The van der Waals surface area contributed by atoms with Crippen molar-refractivity contribution >= 4 is 23.9 Å². The molecular formula is C54H82O8. The van der Waals surface area contributed by atoms with Gasteiger partial charge in [0.1, 0.15) is 0 Å². The lowest BCUT2D eigenvalue weighted by Gasteiger charge is -2.20. The van der Waals surface area contributed by atoms with Gasteiger partial charge < -0.3 is 20.4 Å². The minimum atomic E-state index is -0.748. The van der Waals surface area contributed by atoms with Crippen LogP contribution in [-0.2, 0) is 51.3 Å². The predicted octanol–water partition coefficient (Wildman–Crippen LogP) is 13.2. The van der Waals surface area contributed by atoms with E-state index in [1.54, 1.807) is 13.8 Å². The highest BCUT2D eigenvalue weighted by Gasteiger charge is 2.59. The van der Waals surface area contributed by atoms with Gasteiger partial charge in [-0.3, -0.25) is 19.2 Å². The number of hydrogen-bond donors (Lipinski definition) is 4.